The second-order valence-electron chi connectivity index (χ2n) is 6.33. The lowest BCUT2D eigenvalue weighted by Gasteiger charge is -2.45. The van der Waals surface area contributed by atoms with Gasteiger partial charge in [-0.2, -0.15) is 0 Å². The van der Waals surface area contributed by atoms with Gasteiger partial charge in [0.25, 0.3) is 0 Å². The highest BCUT2D eigenvalue weighted by atomic mass is 28.3. The number of benzene rings is 1. The number of anilines is 1. The van der Waals surface area contributed by atoms with Crippen molar-refractivity contribution in [2.45, 2.75) is 32.6 Å². The van der Waals surface area contributed by atoms with Crippen molar-refractivity contribution >= 4 is 19.7 Å². The van der Waals surface area contributed by atoms with Crippen LogP contribution in [0.15, 0.2) is 42.5 Å². The number of amides is 1. The first-order chi connectivity index (χ1) is 9.31. The number of carbonyl (C=O) groups is 1. The molecule has 1 aliphatic heterocycles. The monoisotopic (exact) mass is 283 g/mol. The van der Waals surface area contributed by atoms with Gasteiger partial charge in [-0.05, 0) is 19.1 Å². The molecule has 0 radical (unpaired) electrons. The van der Waals surface area contributed by atoms with E-state index in [2.05, 4.69) is 37.7 Å². The molecule has 3 heteroatoms. The summed E-state index contributed by atoms with van der Waals surface area (Å²) < 4.78 is 0. The Morgan fingerprint density at radius 3 is 2.35 bits per heavy atom. The van der Waals surface area contributed by atoms with Gasteiger partial charge in [0.05, 0.1) is 5.92 Å². The van der Waals surface area contributed by atoms with Crippen LogP contribution >= 0.6 is 0 Å². The number of nitrogens with zero attached hydrogens (tertiary/aromatic N) is 1. The Balaban J connectivity index is 2.34. The van der Waals surface area contributed by atoms with E-state index >= 15 is 0 Å². The predicted molar refractivity (Wildman–Crippen MR) is 87.1 cm³/mol. The molecule has 0 saturated carbocycles. The van der Waals surface area contributed by atoms with Crippen LogP contribution in [0.1, 0.15) is 6.92 Å². The summed E-state index contributed by atoms with van der Waals surface area (Å²) in [6, 6.07) is 9.69. The molecule has 0 unspecified atom stereocenters. The Labute approximate surface area is 122 Å². The van der Waals surface area contributed by atoms with E-state index in [1.54, 1.807) is 4.90 Å². The molecule has 0 bridgehead atoms. The first kappa shape index (κ1) is 14.6. The normalized spacial score (nSPS) is 21.8. The third kappa shape index (κ3) is 2.86. The van der Waals surface area contributed by atoms with Gasteiger partial charge in [-0.25, -0.2) is 0 Å². The highest BCUT2D eigenvalue weighted by molar-refractivity contribution is 6.83. The SMILES string of the molecule is C=C(C)[C@@H]1C(=O)N(c2ccccc2)[C@H]1C#C[Si](C)(C)C. The zero-order chi connectivity index (χ0) is 14.9. The lowest BCUT2D eigenvalue weighted by Crippen LogP contribution is -2.61. The van der Waals surface area contributed by atoms with Crippen molar-refractivity contribution in [1.29, 1.82) is 0 Å². The average molecular weight is 283 g/mol. The fraction of sp³-hybridized carbons (Fsp3) is 0.353. The minimum atomic E-state index is -1.45. The van der Waals surface area contributed by atoms with E-state index in [0.29, 0.717) is 0 Å². The molecule has 1 amide bonds. The largest absolute Gasteiger partial charge is 0.296 e. The maximum absolute atomic E-state index is 12.3. The third-order valence-electron chi connectivity index (χ3n) is 3.26. The minimum Gasteiger partial charge on any atom is -0.296 e. The number of rotatable bonds is 2. The number of para-hydroxylation sites is 1. The van der Waals surface area contributed by atoms with E-state index in [4.69, 9.17) is 0 Å². The summed E-state index contributed by atoms with van der Waals surface area (Å²) >= 11 is 0. The standard InChI is InChI=1S/C17H21NOSi/c1-13(2)16-15(11-12-20(3,4)5)18(17(16)19)14-9-7-6-8-10-14/h6-10,15-16H,1H2,2-5H3/t15-,16-/m0/s1. The molecule has 1 heterocycles. The smallest absolute Gasteiger partial charge is 0.238 e. The quantitative estimate of drug-likeness (QED) is 0.352. The topological polar surface area (TPSA) is 20.3 Å². The maximum Gasteiger partial charge on any atom is 0.238 e. The molecule has 2 rings (SSSR count). The van der Waals surface area contributed by atoms with Crippen molar-refractivity contribution < 1.29 is 4.79 Å². The zero-order valence-corrected chi connectivity index (χ0v) is 13.6. The number of hydrogen-bond donors (Lipinski definition) is 0. The van der Waals surface area contributed by atoms with Gasteiger partial charge >= 0.3 is 0 Å². The average Bonchev–Trinajstić information content (AvgIpc) is 2.33. The van der Waals surface area contributed by atoms with E-state index in [1.165, 1.54) is 0 Å². The van der Waals surface area contributed by atoms with Crippen molar-refractivity contribution in [3.05, 3.63) is 42.5 Å². The van der Waals surface area contributed by atoms with E-state index in [1.807, 2.05) is 37.3 Å². The first-order valence-electron chi connectivity index (χ1n) is 6.87. The summed E-state index contributed by atoms with van der Waals surface area (Å²) in [6.45, 7) is 12.5. The summed E-state index contributed by atoms with van der Waals surface area (Å²) in [6.07, 6.45) is 0. The highest BCUT2D eigenvalue weighted by Crippen LogP contribution is 2.35. The maximum atomic E-state index is 12.3. The van der Waals surface area contributed by atoms with Crippen LogP contribution in [0.3, 0.4) is 0 Å². The molecule has 1 fully saturated rings. The van der Waals surface area contributed by atoms with E-state index in [9.17, 15) is 4.79 Å². The lowest BCUT2D eigenvalue weighted by atomic mass is 9.82. The van der Waals surface area contributed by atoms with Crippen LogP contribution in [-0.2, 0) is 4.79 Å². The third-order valence-corrected chi connectivity index (χ3v) is 4.15. The molecule has 1 aliphatic rings. The molecule has 0 spiro atoms. The number of hydrogen-bond acceptors (Lipinski definition) is 1. The number of β-lactam (4-membered cyclic amide) rings is 1. The van der Waals surface area contributed by atoms with Crippen LogP contribution in [0, 0.1) is 17.4 Å². The molecule has 2 atom stereocenters. The zero-order valence-electron chi connectivity index (χ0n) is 12.6. The van der Waals surface area contributed by atoms with Crippen molar-refractivity contribution in [3.63, 3.8) is 0 Å². The Morgan fingerprint density at radius 1 is 1.25 bits per heavy atom. The second kappa shape index (κ2) is 5.30. The van der Waals surface area contributed by atoms with Crippen LogP contribution in [0.4, 0.5) is 5.69 Å². The molecule has 1 aromatic rings. The molecular weight excluding hydrogens is 262 g/mol. The Kier molecular flexibility index (Phi) is 3.87. The first-order valence-corrected chi connectivity index (χ1v) is 10.4. The van der Waals surface area contributed by atoms with Crippen LogP contribution in [-0.4, -0.2) is 20.0 Å². The number of carbonyl (C=O) groups excluding carboxylic acids is 1. The van der Waals surface area contributed by atoms with E-state index in [-0.39, 0.29) is 17.9 Å². The molecule has 20 heavy (non-hydrogen) atoms. The van der Waals surface area contributed by atoms with Crippen molar-refractivity contribution in [2.24, 2.45) is 5.92 Å². The predicted octanol–water partition coefficient (Wildman–Crippen LogP) is 3.47. The highest BCUT2D eigenvalue weighted by Gasteiger charge is 2.47. The van der Waals surface area contributed by atoms with Crippen molar-refractivity contribution in [1.82, 2.24) is 0 Å². The van der Waals surface area contributed by atoms with Crippen LogP contribution in [0.2, 0.25) is 19.6 Å². The molecule has 0 aromatic heterocycles. The van der Waals surface area contributed by atoms with Gasteiger partial charge in [0, 0.05) is 5.69 Å². The van der Waals surface area contributed by atoms with Gasteiger partial charge < -0.3 is 0 Å². The fourth-order valence-electron chi connectivity index (χ4n) is 2.28. The summed E-state index contributed by atoms with van der Waals surface area (Å²) in [7, 11) is -1.45. The van der Waals surface area contributed by atoms with Crippen LogP contribution in [0.5, 0.6) is 0 Å². The van der Waals surface area contributed by atoms with Gasteiger partial charge in [-0.3, -0.25) is 9.69 Å². The minimum absolute atomic E-state index is 0.0610. The van der Waals surface area contributed by atoms with Gasteiger partial charge in [0.2, 0.25) is 5.91 Å². The van der Waals surface area contributed by atoms with E-state index in [0.717, 1.165) is 11.3 Å². The molecule has 0 aliphatic carbocycles. The van der Waals surface area contributed by atoms with Gasteiger partial charge in [0.1, 0.15) is 14.1 Å². The van der Waals surface area contributed by atoms with Crippen molar-refractivity contribution in [2.75, 3.05) is 4.90 Å². The molecule has 2 nitrogen and oxygen atoms in total. The molecule has 1 saturated heterocycles. The summed E-state index contributed by atoms with van der Waals surface area (Å²) in [5.74, 6) is 3.28. The van der Waals surface area contributed by atoms with Gasteiger partial charge in [0.15, 0.2) is 0 Å². The Bertz CT molecular complexity index is 589. The second-order valence-corrected chi connectivity index (χ2v) is 11.1. The van der Waals surface area contributed by atoms with Crippen LogP contribution < -0.4 is 4.90 Å². The molecule has 0 N–H and O–H groups in total. The summed E-state index contributed by atoms with van der Waals surface area (Å²) in [5, 5.41) is 0. The van der Waals surface area contributed by atoms with Crippen LogP contribution in [0.25, 0.3) is 0 Å². The Morgan fingerprint density at radius 2 is 1.85 bits per heavy atom. The Hall–Kier alpha value is -1.79. The lowest BCUT2D eigenvalue weighted by molar-refractivity contribution is -0.127. The summed E-state index contributed by atoms with van der Waals surface area (Å²) in [4.78, 5) is 14.1. The molecule has 1 aromatic carbocycles. The summed E-state index contributed by atoms with van der Waals surface area (Å²) in [5.41, 5.74) is 5.20. The van der Waals surface area contributed by atoms with Crippen molar-refractivity contribution in [3.8, 4) is 11.5 Å². The molecular formula is C17H21NOSi. The van der Waals surface area contributed by atoms with Gasteiger partial charge in [-0.1, -0.05) is 55.9 Å². The van der Waals surface area contributed by atoms with Gasteiger partial charge in [-0.15, -0.1) is 5.54 Å². The fourth-order valence-corrected chi connectivity index (χ4v) is 2.86. The molecule has 104 valence electrons. The van der Waals surface area contributed by atoms with E-state index < -0.39 is 8.07 Å².